The minimum atomic E-state index is -0.208. The van der Waals surface area contributed by atoms with Gasteiger partial charge in [-0.3, -0.25) is 9.59 Å². The molecule has 0 spiro atoms. The quantitative estimate of drug-likeness (QED) is 0.337. The molecule has 2 aromatic heterocycles. The number of pyridine rings is 1. The molecule has 2 aromatic carbocycles. The van der Waals surface area contributed by atoms with Gasteiger partial charge in [-0.1, -0.05) is 26.0 Å². The maximum Gasteiger partial charge on any atom is 0.258 e. The van der Waals surface area contributed by atoms with Gasteiger partial charge in [0.1, 0.15) is 6.10 Å². The predicted octanol–water partition coefficient (Wildman–Crippen LogP) is 4.62. The van der Waals surface area contributed by atoms with Gasteiger partial charge in [-0.2, -0.15) is 0 Å². The van der Waals surface area contributed by atoms with Crippen molar-refractivity contribution in [1.82, 2.24) is 19.4 Å². The summed E-state index contributed by atoms with van der Waals surface area (Å²) in [6.45, 7) is 5.02. The number of rotatable bonds is 8. The first-order valence-corrected chi connectivity index (χ1v) is 13.0. The zero-order valence-electron chi connectivity index (χ0n) is 22.1. The molecule has 0 saturated carbocycles. The molecular formula is C29H32N4O5. The van der Waals surface area contributed by atoms with E-state index in [9.17, 15) is 9.59 Å². The minimum absolute atomic E-state index is 0.0207. The van der Waals surface area contributed by atoms with E-state index in [2.05, 4.69) is 9.97 Å². The molecule has 0 radical (unpaired) electrons. The van der Waals surface area contributed by atoms with Crippen LogP contribution in [-0.2, 0) is 0 Å². The van der Waals surface area contributed by atoms with Gasteiger partial charge < -0.3 is 23.7 Å². The third kappa shape index (κ3) is 4.64. The van der Waals surface area contributed by atoms with Gasteiger partial charge in [0.15, 0.2) is 11.5 Å². The Hall–Kier alpha value is -4.14. The molecule has 9 nitrogen and oxygen atoms in total. The number of carbonyl (C=O) groups excluding carboxylic acids is 1. The summed E-state index contributed by atoms with van der Waals surface area (Å²) < 4.78 is 18.7. The van der Waals surface area contributed by atoms with Crippen molar-refractivity contribution in [1.29, 1.82) is 0 Å². The third-order valence-electron chi connectivity index (χ3n) is 7.26. The minimum Gasteiger partial charge on any atom is -0.493 e. The van der Waals surface area contributed by atoms with E-state index in [1.807, 2.05) is 38.1 Å². The van der Waals surface area contributed by atoms with E-state index in [-0.39, 0.29) is 23.6 Å². The average Bonchev–Trinajstić information content (AvgIpc) is 3.42. The molecule has 9 heteroatoms. The fourth-order valence-corrected chi connectivity index (χ4v) is 5.16. The van der Waals surface area contributed by atoms with Gasteiger partial charge in [-0.05, 0) is 37.1 Å². The van der Waals surface area contributed by atoms with Gasteiger partial charge in [-0.15, -0.1) is 0 Å². The van der Waals surface area contributed by atoms with Crippen LogP contribution >= 0.6 is 0 Å². The Morgan fingerprint density at radius 2 is 1.74 bits per heavy atom. The summed E-state index contributed by atoms with van der Waals surface area (Å²) in [7, 11) is 3.07. The Bertz CT molecular complexity index is 1550. The number of ether oxygens (including phenoxy) is 3. The molecule has 198 valence electrons. The van der Waals surface area contributed by atoms with Crippen LogP contribution in [0.3, 0.4) is 0 Å². The molecule has 1 saturated heterocycles. The zero-order chi connectivity index (χ0) is 26.8. The monoisotopic (exact) mass is 516 g/mol. The number of nitrogens with zero attached hydrogens (tertiary/aromatic N) is 4. The molecule has 4 aromatic rings. The normalized spacial score (nSPS) is 15.4. The molecule has 0 bridgehead atoms. The smallest absolute Gasteiger partial charge is 0.258 e. The second kappa shape index (κ2) is 10.7. The van der Waals surface area contributed by atoms with Crippen LogP contribution in [-0.4, -0.2) is 58.8 Å². The van der Waals surface area contributed by atoms with Crippen LogP contribution in [0.4, 0.5) is 0 Å². The molecule has 0 N–H and O–H groups in total. The van der Waals surface area contributed by atoms with Crippen molar-refractivity contribution < 1.29 is 19.0 Å². The fraction of sp³-hybridized carbons (Fsp3) is 0.379. The largest absolute Gasteiger partial charge is 0.493 e. The van der Waals surface area contributed by atoms with E-state index < -0.39 is 0 Å². The molecule has 1 aliphatic heterocycles. The maximum absolute atomic E-state index is 13.9. The summed E-state index contributed by atoms with van der Waals surface area (Å²) in [6.07, 6.45) is 5.33. The Labute approximate surface area is 221 Å². The lowest BCUT2D eigenvalue weighted by molar-refractivity contribution is 0.0772. The second-order valence-electron chi connectivity index (χ2n) is 9.45. The van der Waals surface area contributed by atoms with E-state index in [0.29, 0.717) is 53.2 Å². The summed E-state index contributed by atoms with van der Waals surface area (Å²) in [5.74, 6) is 1.19. The van der Waals surface area contributed by atoms with Gasteiger partial charge in [0.05, 0.1) is 48.9 Å². The van der Waals surface area contributed by atoms with Gasteiger partial charge >= 0.3 is 0 Å². The summed E-state index contributed by atoms with van der Waals surface area (Å²) in [5.41, 5.74) is 1.87. The predicted molar refractivity (Wildman–Crippen MR) is 145 cm³/mol. The van der Waals surface area contributed by atoms with Crippen LogP contribution in [0.5, 0.6) is 17.4 Å². The zero-order valence-corrected chi connectivity index (χ0v) is 22.1. The summed E-state index contributed by atoms with van der Waals surface area (Å²) in [6, 6.07) is 11.0. The van der Waals surface area contributed by atoms with Crippen LogP contribution in [0.15, 0.2) is 53.6 Å². The van der Waals surface area contributed by atoms with E-state index in [1.54, 1.807) is 34.0 Å². The number of hydrogen-bond acceptors (Lipinski definition) is 7. The van der Waals surface area contributed by atoms with E-state index in [4.69, 9.17) is 14.2 Å². The van der Waals surface area contributed by atoms with E-state index in [0.717, 1.165) is 23.9 Å². The summed E-state index contributed by atoms with van der Waals surface area (Å²) in [4.78, 5) is 38.2. The summed E-state index contributed by atoms with van der Waals surface area (Å²) in [5, 5.41) is 0.975. The Kier molecular flexibility index (Phi) is 7.18. The van der Waals surface area contributed by atoms with Gasteiger partial charge in [0, 0.05) is 30.6 Å². The van der Waals surface area contributed by atoms with Gasteiger partial charge in [-0.25, -0.2) is 9.97 Å². The van der Waals surface area contributed by atoms with Crippen LogP contribution in [0, 0.1) is 0 Å². The van der Waals surface area contributed by atoms with Crippen LogP contribution in [0.25, 0.3) is 21.8 Å². The molecule has 1 atom stereocenters. The van der Waals surface area contributed by atoms with Crippen LogP contribution in [0.2, 0.25) is 0 Å². The standard InChI is InChI=1S/C29H32N4O5/c1-5-18(6-2)33-17-22(20-13-25(36-3)26(37-4)14-21(20)29(33)35)28(34)32-12-11-19(16-32)38-27-15-30-23-9-7-8-10-24(23)31-27/h7-10,13-15,17-19H,5-6,11-12,16H2,1-4H3/t19-/m1/s1. The number of para-hydroxylation sites is 2. The number of aromatic nitrogens is 3. The number of benzene rings is 2. The lowest BCUT2D eigenvalue weighted by atomic mass is 10.0. The Morgan fingerprint density at radius 3 is 2.42 bits per heavy atom. The number of carbonyl (C=O) groups is 1. The van der Waals surface area contributed by atoms with Crippen LogP contribution < -0.4 is 19.8 Å². The van der Waals surface area contributed by atoms with Crippen molar-refractivity contribution in [3.8, 4) is 17.4 Å². The molecule has 0 unspecified atom stereocenters. The van der Waals surface area contributed by atoms with Gasteiger partial charge in [0.25, 0.3) is 11.5 Å². The molecule has 3 heterocycles. The van der Waals surface area contributed by atoms with E-state index >= 15 is 0 Å². The lowest BCUT2D eigenvalue weighted by Crippen LogP contribution is -2.33. The van der Waals surface area contributed by atoms with Crippen LogP contribution in [0.1, 0.15) is 49.5 Å². The van der Waals surface area contributed by atoms with Crippen molar-refractivity contribution in [2.24, 2.45) is 0 Å². The first-order chi connectivity index (χ1) is 18.5. The van der Waals surface area contributed by atoms with Crippen molar-refractivity contribution in [2.45, 2.75) is 45.3 Å². The fourth-order valence-electron chi connectivity index (χ4n) is 5.16. The second-order valence-corrected chi connectivity index (χ2v) is 9.45. The molecule has 38 heavy (non-hydrogen) atoms. The first kappa shape index (κ1) is 25.5. The van der Waals surface area contributed by atoms with Crippen molar-refractivity contribution in [2.75, 3.05) is 27.3 Å². The maximum atomic E-state index is 13.9. The Balaban J connectivity index is 1.48. The number of likely N-dealkylation sites (tertiary alicyclic amines) is 1. The molecule has 5 rings (SSSR count). The molecule has 1 amide bonds. The molecular weight excluding hydrogens is 484 g/mol. The molecule has 0 aliphatic carbocycles. The highest BCUT2D eigenvalue weighted by molar-refractivity contribution is 6.07. The van der Waals surface area contributed by atoms with Crippen molar-refractivity contribution in [3.05, 3.63) is 64.7 Å². The van der Waals surface area contributed by atoms with Crippen molar-refractivity contribution >= 4 is 27.7 Å². The number of fused-ring (bicyclic) bond motifs is 2. The molecule has 1 aliphatic rings. The Morgan fingerprint density at radius 1 is 1.05 bits per heavy atom. The topological polar surface area (TPSA) is 95.8 Å². The number of methoxy groups -OCH3 is 2. The molecule has 1 fully saturated rings. The highest BCUT2D eigenvalue weighted by Crippen LogP contribution is 2.34. The highest BCUT2D eigenvalue weighted by Gasteiger charge is 2.31. The van der Waals surface area contributed by atoms with E-state index in [1.165, 1.54) is 14.2 Å². The SMILES string of the molecule is CCC(CC)n1cc(C(=O)N2CC[C@@H](Oc3cnc4ccccc4n3)C2)c2cc(OC)c(OC)cc2c1=O. The number of hydrogen-bond donors (Lipinski definition) is 0. The highest BCUT2D eigenvalue weighted by atomic mass is 16.5. The van der Waals surface area contributed by atoms with Crippen molar-refractivity contribution in [3.63, 3.8) is 0 Å². The summed E-state index contributed by atoms with van der Waals surface area (Å²) >= 11 is 0. The van der Waals surface area contributed by atoms with Gasteiger partial charge in [0.2, 0.25) is 5.88 Å². The lowest BCUT2D eigenvalue weighted by Gasteiger charge is -2.22. The average molecular weight is 517 g/mol. The number of amides is 1. The first-order valence-electron chi connectivity index (χ1n) is 13.0. The third-order valence-corrected chi connectivity index (χ3v) is 7.26.